The molecule has 0 unspecified atom stereocenters. The van der Waals surface area contributed by atoms with Crippen molar-refractivity contribution >= 4 is 0 Å². The van der Waals surface area contributed by atoms with Crippen molar-refractivity contribution in [3.63, 3.8) is 0 Å². The van der Waals surface area contributed by atoms with Crippen molar-refractivity contribution in [3.8, 4) is 0 Å². The molecule has 2 heteroatoms. The average molecular weight is 276 g/mol. The maximum atomic E-state index is 6.86. The summed E-state index contributed by atoms with van der Waals surface area (Å²) in [6, 6.07) is 30.7. The number of benzene rings is 3. The molecule has 0 radical (unpaired) electrons. The Morgan fingerprint density at radius 3 is 0.952 bits per heavy atom. The molecule has 0 aromatic heterocycles. The van der Waals surface area contributed by atoms with Gasteiger partial charge in [-0.3, -0.25) is 0 Å². The summed E-state index contributed by atoms with van der Waals surface area (Å²) < 4.78 is 0. The normalized spacial score (nSPS) is 10.7. The van der Waals surface area contributed by atoms with Crippen LogP contribution in [0, 0.1) is 0 Å². The predicted octanol–water partition coefficient (Wildman–Crippen LogP) is 4.10. The van der Waals surface area contributed by atoms with Crippen molar-refractivity contribution in [1.82, 2.24) is 6.15 Å². The summed E-state index contributed by atoms with van der Waals surface area (Å²) in [5, 5.41) is 0. The van der Waals surface area contributed by atoms with E-state index in [1.54, 1.807) is 0 Å². The summed E-state index contributed by atoms with van der Waals surface area (Å²) in [7, 11) is 0. The highest BCUT2D eigenvalue weighted by atomic mass is 14.7. The topological polar surface area (TPSA) is 61.0 Å². The summed E-state index contributed by atoms with van der Waals surface area (Å²) in [6.45, 7) is 0. The van der Waals surface area contributed by atoms with Gasteiger partial charge in [-0.15, -0.1) is 0 Å². The molecule has 0 spiro atoms. The number of nitrogens with two attached hydrogens (primary N) is 1. The van der Waals surface area contributed by atoms with Crippen molar-refractivity contribution in [2.75, 3.05) is 0 Å². The first-order chi connectivity index (χ1) is 9.82. The van der Waals surface area contributed by atoms with E-state index in [9.17, 15) is 0 Å². The molecule has 0 fully saturated rings. The summed E-state index contributed by atoms with van der Waals surface area (Å²) in [6.07, 6.45) is 0. The molecule has 3 rings (SSSR count). The van der Waals surface area contributed by atoms with Gasteiger partial charge in [0, 0.05) is 0 Å². The lowest BCUT2D eigenvalue weighted by atomic mass is 9.78. The SMILES string of the molecule is N.NC(c1ccccc1)(c1ccccc1)c1ccccc1. The Hall–Kier alpha value is -2.42. The van der Waals surface area contributed by atoms with Gasteiger partial charge in [0.05, 0.1) is 5.54 Å². The highest BCUT2D eigenvalue weighted by Crippen LogP contribution is 2.33. The molecule has 0 atom stereocenters. The van der Waals surface area contributed by atoms with Crippen molar-refractivity contribution in [3.05, 3.63) is 108 Å². The molecular weight excluding hydrogens is 256 g/mol. The average Bonchev–Trinajstić information content (AvgIpc) is 2.56. The standard InChI is InChI=1S/C19H17N.H3N/c20-19(16-10-4-1-5-11-16,17-12-6-2-7-13-17)18-14-8-3-9-15-18;/h1-15H,20H2;1H3. The highest BCUT2D eigenvalue weighted by molar-refractivity contribution is 5.48. The summed E-state index contributed by atoms with van der Waals surface area (Å²) in [5.74, 6) is 0. The molecular formula is C19H20N2. The largest absolute Gasteiger partial charge is 0.344 e. The van der Waals surface area contributed by atoms with Crippen LogP contribution in [0.2, 0.25) is 0 Å². The lowest BCUT2D eigenvalue weighted by molar-refractivity contribution is 0.653. The molecule has 0 aliphatic rings. The minimum Gasteiger partial charge on any atom is -0.344 e. The van der Waals surface area contributed by atoms with Gasteiger partial charge < -0.3 is 11.9 Å². The fourth-order valence-corrected chi connectivity index (χ4v) is 2.60. The lowest BCUT2D eigenvalue weighted by Gasteiger charge is -2.31. The Kier molecular flexibility index (Phi) is 4.53. The highest BCUT2D eigenvalue weighted by Gasteiger charge is 2.31. The molecule has 106 valence electrons. The van der Waals surface area contributed by atoms with Gasteiger partial charge in [-0.05, 0) is 16.7 Å². The molecule has 0 heterocycles. The molecule has 21 heavy (non-hydrogen) atoms. The van der Waals surface area contributed by atoms with Gasteiger partial charge in [-0.2, -0.15) is 0 Å². The maximum absolute atomic E-state index is 6.86. The fraction of sp³-hybridized carbons (Fsp3) is 0.0526. The second-order valence-electron chi connectivity index (χ2n) is 4.91. The van der Waals surface area contributed by atoms with Crippen LogP contribution in [0.4, 0.5) is 0 Å². The molecule has 0 bridgehead atoms. The van der Waals surface area contributed by atoms with Crippen LogP contribution in [0.25, 0.3) is 0 Å². The van der Waals surface area contributed by atoms with Gasteiger partial charge in [0.1, 0.15) is 0 Å². The van der Waals surface area contributed by atoms with Gasteiger partial charge >= 0.3 is 0 Å². The van der Waals surface area contributed by atoms with Crippen molar-refractivity contribution < 1.29 is 0 Å². The van der Waals surface area contributed by atoms with Gasteiger partial charge in [-0.25, -0.2) is 0 Å². The van der Waals surface area contributed by atoms with E-state index in [1.807, 2.05) is 54.6 Å². The van der Waals surface area contributed by atoms with Crippen LogP contribution in [-0.4, -0.2) is 0 Å². The van der Waals surface area contributed by atoms with E-state index in [4.69, 9.17) is 5.73 Å². The van der Waals surface area contributed by atoms with E-state index in [2.05, 4.69) is 36.4 Å². The first kappa shape index (κ1) is 15.0. The number of hydrogen-bond acceptors (Lipinski definition) is 2. The predicted molar refractivity (Wildman–Crippen MR) is 88.4 cm³/mol. The minimum atomic E-state index is -0.621. The van der Waals surface area contributed by atoms with Crippen LogP contribution < -0.4 is 11.9 Å². The van der Waals surface area contributed by atoms with Gasteiger partial charge in [0.2, 0.25) is 0 Å². The second kappa shape index (κ2) is 6.35. The number of rotatable bonds is 3. The summed E-state index contributed by atoms with van der Waals surface area (Å²) in [4.78, 5) is 0. The third-order valence-electron chi connectivity index (χ3n) is 3.69. The van der Waals surface area contributed by atoms with E-state index in [1.165, 1.54) is 0 Å². The Morgan fingerprint density at radius 1 is 0.476 bits per heavy atom. The molecule has 0 aliphatic carbocycles. The smallest absolute Gasteiger partial charge is 0.0922 e. The lowest BCUT2D eigenvalue weighted by Crippen LogP contribution is -2.39. The van der Waals surface area contributed by atoms with E-state index in [0.29, 0.717) is 0 Å². The molecule has 2 nitrogen and oxygen atoms in total. The Balaban J connectivity index is 0.00000161. The van der Waals surface area contributed by atoms with Crippen LogP contribution in [0.5, 0.6) is 0 Å². The quantitative estimate of drug-likeness (QED) is 0.707. The zero-order valence-corrected chi connectivity index (χ0v) is 11.9. The maximum Gasteiger partial charge on any atom is 0.0922 e. The van der Waals surface area contributed by atoms with Gasteiger partial charge in [-0.1, -0.05) is 91.0 Å². The van der Waals surface area contributed by atoms with Crippen LogP contribution >= 0.6 is 0 Å². The minimum absolute atomic E-state index is 0. The van der Waals surface area contributed by atoms with Gasteiger partial charge in [0.15, 0.2) is 0 Å². The molecule has 0 aliphatic heterocycles. The third-order valence-corrected chi connectivity index (χ3v) is 3.69. The molecule has 0 saturated carbocycles. The zero-order chi connectivity index (χ0) is 13.8. The van der Waals surface area contributed by atoms with Crippen molar-refractivity contribution in [2.24, 2.45) is 5.73 Å². The molecule has 0 saturated heterocycles. The zero-order valence-electron chi connectivity index (χ0n) is 11.9. The third kappa shape index (κ3) is 2.72. The number of hydrogen-bond donors (Lipinski definition) is 2. The molecule has 3 aromatic rings. The van der Waals surface area contributed by atoms with Gasteiger partial charge in [0.25, 0.3) is 0 Å². The monoisotopic (exact) mass is 276 g/mol. The Labute approximate surface area is 125 Å². The van der Waals surface area contributed by atoms with Crippen LogP contribution in [0.1, 0.15) is 16.7 Å². The van der Waals surface area contributed by atoms with Crippen LogP contribution in [-0.2, 0) is 5.54 Å². The Morgan fingerprint density at radius 2 is 0.714 bits per heavy atom. The Bertz CT molecular complexity index is 567. The fourth-order valence-electron chi connectivity index (χ4n) is 2.60. The second-order valence-corrected chi connectivity index (χ2v) is 4.91. The van der Waals surface area contributed by atoms with Crippen molar-refractivity contribution in [1.29, 1.82) is 0 Å². The summed E-state index contributed by atoms with van der Waals surface area (Å²) in [5.41, 5.74) is 9.53. The molecule has 3 aromatic carbocycles. The van der Waals surface area contributed by atoms with Crippen LogP contribution in [0.15, 0.2) is 91.0 Å². The van der Waals surface area contributed by atoms with E-state index in [0.717, 1.165) is 16.7 Å². The first-order valence-corrected chi connectivity index (χ1v) is 6.77. The van der Waals surface area contributed by atoms with E-state index < -0.39 is 5.54 Å². The van der Waals surface area contributed by atoms with E-state index in [-0.39, 0.29) is 6.15 Å². The first-order valence-electron chi connectivity index (χ1n) is 6.77. The van der Waals surface area contributed by atoms with Crippen molar-refractivity contribution in [2.45, 2.75) is 5.54 Å². The molecule has 0 amide bonds. The van der Waals surface area contributed by atoms with Crippen LogP contribution in [0.3, 0.4) is 0 Å². The molecule has 5 N–H and O–H groups in total. The summed E-state index contributed by atoms with van der Waals surface area (Å²) >= 11 is 0. The van der Waals surface area contributed by atoms with E-state index >= 15 is 0 Å².